The molecule has 0 saturated heterocycles. The molecule has 1 aliphatic rings. The van der Waals surface area contributed by atoms with Gasteiger partial charge in [0.2, 0.25) is 0 Å². The Bertz CT molecular complexity index is 582. The summed E-state index contributed by atoms with van der Waals surface area (Å²) < 4.78 is 0. The third kappa shape index (κ3) is 2.33. The van der Waals surface area contributed by atoms with Gasteiger partial charge in [0, 0.05) is 28.7 Å². The maximum Gasteiger partial charge on any atom is 0.0478 e. The van der Waals surface area contributed by atoms with Crippen LogP contribution < -0.4 is 5.32 Å². The molecule has 2 heteroatoms. The average Bonchev–Trinajstić information content (AvgIpc) is 2.79. The lowest BCUT2D eigenvalue weighted by Gasteiger charge is -2.26. The molecule has 2 nitrogen and oxygen atoms in total. The zero-order valence-electron chi connectivity index (χ0n) is 11.6. The van der Waals surface area contributed by atoms with Crippen LogP contribution in [0.2, 0.25) is 0 Å². The van der Waals surface area contributed by atoms with Crippen molar-refractivity contribution in [1.29, 1.82) is 0 Å². The largest absolute Gasteiger partial charge is 0.357 e. The summed E-state index contributed by atoms with van der Waals surface area (Å²) in [6, 6.07) is 9.60. The number of rotatable bonds is 4. The smallest absolute Gasteiger partial charge is 0.0478 e. The number of aromatic nitrogens is 1. The first-order chi connectivity index (χ1) is 9.29. The fraction of sp³-hybridized carbons (Fsp3) is 0.412. The van der Waals surface area contributed by atoms with Gasteiger partial charge in [0.1, 0.15) is 0 Å². The number of nitrogens with one attached hydrogen (secondary N) is 2. The monoisotopic (exact) mass is 254 g/mol. The van der Waals surface area contributed by atoms with Crippen molar-refractivity contribution in [3.63, 3.8) is 0 Å². The molecule has 0 spiro atoms. The average molecular weight is 254 g/mol. The number of H-pyrrole nitrogens is 1. The van der Waals surface area contributed by atoms with Crippen LogP contribution in [0.5, 0.6) is 0 Å². The minimum Gasteiger partial charge on any atom is -0.357 e. The number of hydrogen-bond acceptors (Lipinski definition) is 1. The normalized spacial score (nSPS) is 20.2. The van der Waals surface area contributed by atoms with E-state index in [-0.39, 0.29) is 0 Å². The number of aromatic amines is 1. The molecule has 0 amide bonds. The summed E-state index contributed by atoms with van der Waals surface area (Å²) in [5.74, 6) is 0. The number of hydrogen-bond donors (Lipinski definition) is 2. The summed E-state index contributed by atoms with van der Waals surface area (Å²) in [5, 5.41) is 5.14. The zero-order valence-corrected chi connectivity index (χ0v) is 11.6. The summed E-state index contributed by atoms with van der Waals surface area (Å²) in [6.07, 6.45) is 6.71. The molecule has 2 atom stereocenters. The van der Waals surface area contributed by atoms with Crippen molar-refractivity contribution in [2.24, 2.45) is 0 Å². The van der Waals surface area contributed by atoms with Gasteiger partial charge in [-0.05, 0) is 44.2 Å². The Morgan fingerprint density at radius 2 is 2.32 bits per heavy atom. The second kappa shape index (κ2) is 5.22. The number of fused-ring (bicyclic) bond motifs is 3. The van der Waals surface area contributed by atoms with Crippen LogP contribution in [0.4, 0.5) is 0 Å². The lowest BCUT2D eigenvalue weighted by molar-refractivity contribution is 0.405. The van der Waals surface area contributed by atoms with Crippen LogP contribution in [0.1, 0.15) is 43.5 Å². The third-order valence-electron chi connectivity index (χ3n) is 4.12. The summed E-state index contributed by atoms with van der Waals surface area (Å²) >= 11 is 0. The van der Waals surface area contributed by atoms with Crippen LogP contribution in [-0.2, 0) is 6.42 Å². The van der Waals surface area contributed by atoms with Crippen molar-refractivity contribution in [3.8, 4) is 0 Å². The van der Waals surface area contributed by atoms with Gasteiger partial charge >= 0.3 is 0 Å². The van der Waals surface area contributed by atoms with E-state index in [0.29, 0.717) is 12.1 Å². The fourth-order valence-corrected chi connectivity index (χ4v) is 3.24. The Hall–Kier alpha value is -1.54. The van der Waals surface area contributed by atoms with Crippen molar-refractivity contribution in [2.45, 2.75) is 44.7 Å². The molecule has 0 radical (unpaired) electrons. The Morgan fingerprint density at radius 1 is 1.47 bits per heavy atom. The molecule has 1 aliphatic carbocycles. The third-order valence-corrected chi connectivity index (χ3v) is 4.12. The molecule has 2 N–H and O–H groups in total. The first-order valence-electron chi connectivity index (χ1n) is 7.26. The van der Waals surface area contributed by atoms with E-state index in [4.69, 9.17) is 0 Å². The van der Waals surface area contributed by atoms with Crippen molar-refractivity contribution >= 4 is 10.9 Å². The molecule has 0 saturated carbocycles. The molecule has 1 aromatic heterocycles. The van der Waals surface area contributed by atoms with Gasteiger partial charge < -0.3 is 10.3 Å². The van der Waals surface area contributed by atoms with Crippen LogP contribution >= 0.6 is 0 Å². The molecule has 2 unspecified atom stereocenters. The van der Waals surface area contributed by atoms with Gasteiger partial charge in [-0.25, -0.2) is 0 Å². The zero-order chi connectivity index (χ0) is 13.2. The SMILES string of the molecule is C=CCC(C)NC1CCCc2c1[nH]c1ccccc21. The fourth-order valence-electron chi connectivity index (χ4n) is 3.24. The van der Waals surface area contributed by atoms with E-state index >= 15 is 0 Å². The summed E-state index contributed by atoms with van der Waals surface area (Å²) in [5.41, 5.74) is 4.20. The molecule has 19 heavy (non-hydrogen) atoms. The second-order valence-electron chi connectivity index (χ2n) is 5.60. The molecule has 100 valence electrons. The molecule has 0 fully saturated rings. The summed E-state index contributed by atoms with van der Waals surface area (Å²) in [7, 11) is 0. The number of para-hydroxylation sites is 1. The molecular weight excluding hydrogens is 232 g/mol. The molecule has 1 aromatic carbocycles. The first-order valence-corrected chi connectivity index (χ1v) is 7.26. The van der Waals surface area contributed by atoms with Crippen molar-refractivity contribution in [1.82, 2.24) is 10.3 Å². The van der Waals surface area contributed by atoms with Crippen LogP contribution in [0.15, 0.2) is 36.9 Å². The van der Waals surface area contributed by atoms with E-state index < -0.39 is 0 Å². The van der Waals surface area contributed by atoms with E-state index in [2.05, 4.69) is 48.1 Å². The van der Waals surface area contributed by atoms with Gasteiger partial charge in [0.05, 0.1) is 0 Å². The van der Waals surface area contributed by atoms with E-state index in [1.165, 1.54) is 41.4 Å². The minimum atomic E-state index is 0.464. The van der Waals surface area contributed by atoms with Gasteiger partial charge in [0.15, 0.2) is 0 Å². The first kappa shape index (κ1) is 12.5. The quantitative estimate of drug-likeness (QED) is 0.790. The van der Waals surface area contributed by atoms with E-state index in [1.54, 1.807) is 0 Å². The van der Waals surface area contributed by atoms with Gasteiger partial charge in [-0.2, -0.15) is 0 Å². The summed E-state index contributed by atoms with van der Waals surface area (Å²) in [4.78, 5) is 3.63. The van der Waals surface area contributed by atoms with Crippen LogP contribution in [0.25, 0.3) is 10.9 Å². The van der Waals surface area contributed by atoms with E-state index in [0.717, 1.165) is 6.42 Å². The highest BCUT2D eigenvalue weighted by molar-refractivity contribution is 5.85. The molecule has 3 rings (SSSR count). The van der Waals surface area contributed by atoms with Crippen LogP contribution in [0.3, 0.4) is 0 Å². The Morgan fingerprint density at radius 3 is 3.16 bits per heavy atom. The number of aryl methyl sites for hydroxylation is 1. The highest BCUT2D eigenvalue weighted by Crippen LogP contribution is 2.34. The van der Waals surface area contributed by atoms with Crippen LogP contribution in [-0.4, -0.2) is 11.0 Å². The standard InChI is InChI=1S/C17H22N2/c1-3-7-12(2)18-16-11-6-9-14-13-8-4-5-10-15(13)19-17(14)16/h3-5,8,10,12,16,18-19H,1,6-7,9,11H2,2H3. The molecular formula is C17H22N2. The highest BCUT2D eigenvalue weighted by Gasteiger charge is 2.24. The van der Waals surface area contributed by atoms with E-state index in [1.807, 2.05) is 6.08 Å². The molecule has 2 aromatic rings. The molecule has 0 aliphatic heterocycles. The Kier molecular flexibility index (Phi) is 3.43. The molecule has 0 bridgehead atoms. The lowest BCUT2D eigenvalue weighted by atomic mass is 9.91. The Labute approximate surface area is 114 Å². The van der Waals surface area contributed by atoms with Gasteiger partial charge in [-0.1, -0.05) is 24.3 Å². The number of benzene rings is 1. The predicted octanol–water partition coefficient (Wildman–Crippen LogP) is 4.10. The highest BCUT2D eigenvalue weighted by atomic mass is 15.0. The van der Waals surface area contributed by atoms with Crippen molar-refractivity contribution in [3.05, 3.63) is 48.2 Å². The van der Waals surface area contributed by atoms with Crippen molar-refractivity contribution < 1.29 is 0 Å². The maximum absolute atomic E-state index is 3.83. The van der Waals surface area contributed by atoms with Crippen molar-refractivity contribution in [2.75, 3.05) is 0 Å². The maximum atomic E-state index is 3.83. The second-order valence-corrected chi connectivity index (χ2v) is 5.60. The minimum absolute atomic E-state index is 0.464. The van der Waals surface area contributed by atoms with Gasteiger partial charge in [-0.3, -0.25) is 0 Å². The van der Waals surface area contributed by atoms with Crippen LogP contribution in [0, 0.1) is 0 Å². The predicted molar refractivity (Wildman–Crippen MR) is 81.4 cm³/mol. The van der Waals surface area contributed by atoms with Gasteiger partial charge in [-0.15, -0.1) is 6.58 Å². The molecule has 1 heterocycles. The van der Waals surface area contributed by atoms with Gasteiger partial charge in [0.25, 0.3) is 0 Å². The Balaban J connectivity index is 1.93. The topological polar surface area (TPSA) is 27.8 Å². The summed E-state index contributed by atoms with van der Waals surface area (Å²) in [6.45, 7) is 6.06. The lowest BCUT2D eigenvalue weighted by Crippen LogP contribution is -2.32. The van der Waals surface area contributed by atoms with E-state index in [9.17, 15) is 0 Å².